The highest BCUT2D eigenvalue weighted by molar-refractivity contribution is 5.92. The number of aromatic nitrogens is 3. The molecule has 6 heteroatoms. The van der Waals surface area contributed by atoms with Crippen molar-refractivity contribution in [2.75, 3.05) is 7.11 Å². The van der Waals surface area contributed by atoms with Crippen LogP contribution in [0.25, 0.3) is 5.69 Å². The van der Waals surface area contributed by atoms with Crippen LogP contribution in [0.4, 0.5) is 0 Å². The van der Waals surface area contributed by atoms with Crippen LogP contribution in [0.5, 0.6) is 5.75 Å². The molecule has 0 aliphatic heterocycles. The number of carbonyl (C=O) groups is 1. The van der Waals surface area contributed by atoms with E-state index in [4.69, 9.17) is 4.74 Å². The third kappa shape index (κ3) is 3.38. The fourth-order valence-electron chi connectivity index (χ4n) is 2.76. The summed E-state index contributed by atoms with van der Waals surface area (Å²) in [5.74, 6) is 0.593. The van der Waals surface area contributed by atoms with Crippen molar-refractivity contribution >= 4 is 5.91 Å². The highest BCUT2D eigenvalue weighted by Gasteiger charge is 2.15. The predicted molar refractivity (Wildman–Crippen MR) is 95.0 cm³/mol. The van der Waals surface area contributed by atoms with Crippen molar-refractivity contribution in [1.29, 1.82) is 0 Å². The third-order valence-corrected chi connectivity index (χ3v) is 4.07. The number of nitrogens with one attached hydrogen (secondary N) is 1. The predicted octanol–water partition coefficient (Wildman–Crippen LogP) is 2.82. The standard InChI is InChI=1S/C19H20N4O2/c1-13-9-21-16(14(2)18(13)25-3)10-22-19(24)17-11-20-12-23(17)15-7-5-4-6-8-15/h4-9,11-12H,10H2,1-3H3,(H,22,24). The fourth-order valence-corrected chi connectivity index (χ4v) is 2.76. The quantitative estimate of drug-likeness (QED) is 0.778. The molecule has 0 bridgehead atoms. The van der Waals surface area contributed by atoms with Gasteiger partial charge >= 0.3 is 0 Å². The molecule has 0 aliphatic carbocycles. The van der Waals surface area contributed by atoms with Crippen LogP contribution in [-0.4, -0.2) is 27.6 Å². The third-order valence-electron chi connectivity index (χ3n) is 4.07. The molecule has 6 nitrogen and oxygen atoms in total. The topological polar surface area (TPSA) is 69.0 Å². The molecule has 0 saturated heterocycles. The number of para-hydroxylation sites is 1. The highest BCUT2D eigenvalue weighted by atomic mass is 16.5. The van der Waals surface area contributed by atoms with E-state index in [2.05, 4.69) is 15.3 Å². The second kappa shape index (κ2) is 7.17. The lowest BCUT2D eigenvalue weighted by Gasteiger charge is -2.13. The Bertz CT molecular complexity index is 888. The Kier molecular flexibility index (Phi) is 4.79. The Balaban J connectivity index is 1.78. The smallest absolute Gasteiger partial charge is 0.270 e. The number of aryl methyl sites for hydroxylation is 1. The SMILES string of the molecule is COc1c(C)cnc(CNC(=O)c2cncn2-c2ccccc2)c1C. The second-order valence-electron chi connectivity index (χ2n) is 5.71. The van der Waals surface area contributed by atoms with E-state index in [0.717, 1.165) is 28.3 Å². The summed E-state index contributed by atoms with van der Waals surface area (Å²) in [7, 11) is 1.64. The minimum atomic E-state index is -0.206. The van der Waals surface area contributed by atoms with Gasteiger partial charge in [-0.3, -0.25) is 14.3 Å². The maximum atomic E-state index is 12.6. The Morgan fingerprint density at radius 2 is 1.96 bits per heavy atom. The van der Waals surface area contributed by atoms with Gasteiger partial charge in [-0.1, -0.05) is 18.2 Å². The van der Waals surface area contributed by atoms with Crippen LogP contribution in [-0.2, 0) is 6.54 Å². The average Bonchev–Trinajstić information content (AvgIpc) is 3.12. The minimum absolute atomic E-state index is 0.206. The summed E-state index contributed by atoms with van der Waals surface area (Å²) in [6.45, 7) is 4.20. The van der Waals surface area contributed by atoms with E-state index in [1.807, 2.05) is 44.2 Å². The van der Waals surface area contributed by atoms with Crippen LogP contribution < -0.4 is 10.1 Å². The number of rotatable bonds is 5. The van der Waals surface area contributed by atoms with Crippen molar-refractivity contribution in [3.63, 3.8) is 0 Å². The number of hydrogen-bond acceptors (Lipinski definition) is 4. The zero-order valence-electron chi connectivity index (χ0n) is 14.5. The molecule has 0 unspecified atom stereocenters. The van der Waals surface area contributed by atoms with E-state index in [0.29, 0.717) is 12.2 Å². The molecular formula is C19H20N4O2. The lowest BCUT2D eigenvalue weighted by Crippen LogP contribution is -2.26. The van der Waals surface area contributed by atoms with Gasteiger partial charge < -0.3 is 10.1 Å². The van der Waals surface area contributed by atoms with Gasteiger partial charge in [0.05, 0.1) is 31.9 Å². The van der Waals surface area contributed by atoms with E-state index in [9.17, 15) is 4.79 Å². The van der Waals surface area contributed by atoms with Crippen LogP contribution in [0.2, 0.25) is 0 Å². The number of benzene rings is 1. The van der Waals surface area contributed by atoms with E-state index < -0.39 is 0 Å². The first-order valence-corrected chi connectivity index (χ1v) is 7.97. The van der Waals surface area contributed by atoms with Gasteiger partial charge in [0.2, 0.25) is 0 Å². The zero-order valence-corrected chi connectivity index (χ0v) is 14.5. The van der Waals surface area contributed by atoms with E-state index in [1.54, 1.807) is 30.4 Å². The van der Waals surface area contributed by atoms with Crippen molar-refractivity contribution in [1.82, 2.24) is 19.9 Å². The Morgan fingerprint density at radius 3 is 2.68 bits per heavy atom. The van der Waals surface area contributed by atoms with Gasteiger partial charge in [-0.2, -0.15) is 0 Å². The summed E-state index contributed by atoms with van der Waals surface area (Å²) < 4.78 is 7.16. The second-order valence-corrected chi connectivity index (χ2v) is 5.71. The molecule has 3 aromatic rings. The van der Waals surface area contributed by atoms with Gasteiger partial charge in [0, 0.05) is 23.0 Å². The largest absolute Gasteiger partial charge is 0.496 e. The van der Waals surface area contributed by atoms with Gasteiger partial charge in [-0.25, -0.2) is 4.98 Å². The number of nitrogens with zero attached hydrogens (tertiary/aromatic N) is 3. The number of amides is 1. The molecule has 0 aliphatic rings. The maximum absolute atomic E-state index is 12.6. The van der Waals surface area contributed by atoms with E-state index in [1.165, 1.54) is 0 Å². The Hall–Kier alpha value is -3.15. The zero-order chi connectivity index (χ0) is 17.8. The minimum Gasteiger partial charge on any atom is -0.496 e. The molecule has 1 amide bonds. The number of carbonyl (C=O) groups excluding carboxylic acids is 1. The molecule has 25 heavy (non-hydrogen) atoms. The molecule has 0 saturated carbocycles. The monoisotopic (exact) mass is 336 g/mol. The number of imidazole rings is 1. The van der Waals surface area contributed by atoms with Gasteiger partial charge in [-0.05, 0) is 26.0 Å². The van der Waals surface area contributed by atoms with E-state index in [-0.39, 0.29) is 5.91 Å². The molecule has 0 radical (unpaired) electrons. The first-order valence-electron chi connectivity index (χ1n) is 7.97. The van der Waals surface area contributed by atoms with Crippen molar-refractivity contribution in [2.45, 2.75) is 20.4 Å². The van der Waals surface area contributed by atoms with Crippen molar-refractivity contribution < 1.29 is 9.53 Å². The number of pyridine rings is 1. The van der Waals surface area contributed by atoms with Crippen LogP contribution >= 0.6 is 0 Å². The first-order chi connectivity index (χ1) is 12.1. The van der Waals surface area contributed by atoms with Gasteiger partial charge in [-0.15, -0.1) is 0 Å². The molecule has 1 aromatic carbocycles. The number of methoxy groups -OCH3 is 1. The normalized spacial score (nSPS) is 10.5. The summed E-state index contributed by atoms with van der Waals surface area (Å²) in [5.41, 5.74) is 4.04. The summed E-state index contributed by atoms with van der Waals surface area (Å²) in [6, 6.07) is 9.62. The Labute approximate surface area is 146 Å². The highest BCUT2D eigenvalue weighted by Crippen LogP contribution is 2.23. The molecular weight excluding hydrogens is 316 g/mol. The van der Waals surface area contributed by atoms with Crippen molar-refractivity contribution in [2.24, 2.45) is 0 Å². The maximum Gasteiger partial charge on any atom is 0.270 e. The molecule has 2 aromatic heterocycles. The van der Waals surface area contributed by atoms with Gasteiger partial charge in [0.15, 0.2) is 0 Å². The molecule has 3 rings (SSSR count). The fraction of sp³-hybridized carbons (Fsp3) is 0.211. The molecule has 2 heterocycles. The molecule has 0 spiro atoms. The van der Waals surface area contributed by atoms with Crippen LogP contribution in [0.1, 0.15) is 27.3 Å². The van der Waals surface area contributed by atoms with E-state index >= 15 is 0 Å². The van der Waals surface area contributed by atoms with Crippen LogP contribution in [0.15, 0.2) is 49.1 Å². The number of hydrogen-bond donors (Lipinski definition) is 1. The number of ether oxygens (including phenoxy) is 1. The lowest BCUT2D eigenvalue weighted by molar-refractivity contribution is 0.0943. The Morgan fingerprint density at radius 1 is 1.20 bits per heavy atom. The lowest BCUT2D eigenvalue weighted by atomic mass is 10.1. The summed E-state index contributed by atoms with van der Waals surface area (Å²) >= 11 is 0. The van der Waals surface area contributed by atoms with Crippen molar-refractivity contribution in [3.8, 4) is 11.4 Å². The van der Waals surface area contributed by atoms with Gasteiger partial charge in [0.1, 0.15) is 11.4 Å². The average molecular weight is 336 g/mol. The summed E-state index contributed by atoms with van der Waals surface area (Å²) in [6.07, 6.45) is 4.93. The molecule has 0 atom stereocenters. The summed E-state index contributed by atoms with van der Waals surface area (Å²) in [5, 5.41) is 2.91. The van der Waals surface area contributed by atoms with Gasteiger partial charge in [0.25, 0.3) is 5.91 Å². The molecule has 1 N–H and O–H groups in total. The van der Waals surface area contributed by atoms with Crippen LogP contribution in [0, 0.1) is 13.8 Å². The van der Waals surface area contributed by atoms with Crippen LogP contribution in [0.3, 0.4) is 0 Å². The molecule has 128 valence electrons. The molecule has 0 fully saturated rings. The summed E-state index contributed by atoms with van der Waals surface area (Å²) in [4.78, 5) is 21.1. The first kappa shape index (κ1) is 16.7. The van der Waals surface area contributed by atoms with Crippen molar-refractivity contribution in [3.05, 3.63) is 71.6 Å².